The highest BCUT2D eigenvalue weighted by Gasteiger charge is 2.09. The summed E-state index contributed by atoms with van der Waals surface area (Å²) in [4.78, 5) is 0. The highest BCUT2D eigenvalue weighted by atomic mass is 35.5. The Bertz CT molecular complexity index is 564. The molecule has 1 atom stereocenters. The Balaban J connectivity index is 1.85. The van der Waals surface area contributed by atoms with Crippen molar-refractivity contribution in [2.24, 2.45) is 0 Å². The summed E-state index contributed by atoms with van der Waals surface area (Å²) in [5.74, 6) is 0. The van der Waals surface area contributed by atoms with Crippen LogP contribution in [0.2, 0.25) is 5.02 Å². The Hall–Kier alpha value is -0.610. The second-order valence-corrected chi connectivity index (χ2v) is 9.98. The zero-order valence-electron chi connectivity index (χ0n) is 21.6. The first kappa shape index (κ1) is 30.4. The Labute approximate surface area is 209 Å². The number of rotatable bonds is 23. The van der Waals surface area contributed by atoms with Crippen LogP contribution in [0, 0.1) is 6.92 Å². The Morgan fingerprint density at radius 3 is 1.79 bits per heavy atom. The van der Waals surface area contributed by atoms with E-state index in [0.717, 1.165) is 29.2 Å². The molecule has 1 N–H and O–H groups in total. The van der Waals surface area contributed by atoms with Gasteiger partial charge in [-0.05, 0) is 30.5 Å². The molecular weight excluding hydrogens is 432 g/mol. The van der Waals surface area contributed by atoms with E-state index in [0.29, 0.717) is 13.2 Å². The molecule has 0 radical (unpaired) electrons. The van der Waals surface area contributed by atoms with Gasteiger partial charge in [0.2, 0.25) is 0 Å². The molecule has 192 valence electrons. The van der Waals surface area contributed by atoms with Gasteiger partial charge < -0.3 is 14.6 Å². The summed E-state index contributed by atoms with van der Waals surface area (Å²) in [6.45, 7) is 5.86. The van der Waals surface area contributed by atoms with Crippen molar-refractivity contribution >= 4 is 11.6 Å². The van der Waals surface area contributed by atoms with Gasteiger partial charge in [-0.25, -0.2) is 0 Å². The van der Waals surface area contributed by atoms with E-state index in [1.165, 1.54) is 96.3 Å². The SMILES string of the molecule is CCCCCCCCCCCCCCCCCCOC[C@H](CO)OCc1ccc(C)c(Cl)c1. The predicted octanol–water partition coefficient (Wildman–Crippen LogP) is 8.80. The van der Waals surface area contributed by atoms with Crippen LogP contribution in [0.25, 0.3) is 0 Å². The molecule has 4 heteroatoms. The van der Waals surface area contributed by atoms with Crippen molar-refractivity contribution in [1.82, 2.24) is 0 Å². The van der Waals surface area contributed by atoms with Crippen molar-refractivity contribution in [3.05, 3.63) is 34.3 Å². The molecule has 0 aliphatic heterocycles. The van der Waals surface area contributed by atoms with E-state index < -0.39 is 0 Å². The van der Waals surface area contributed by atoms with Gasteiger partial charge >= 0.3 is 0 Å². The monoisotopic (exact) mass is 482 g/mol. The molecule has 0 aliphatic carbocycles. The van der Waals surface area contributed by atoms with Gasteiger partial charge in [-0.1, -0.05) is 127 Å². The number of aliphatic hydroxyl groups is 1. The largest absolute Gasteiger partial charge is 0.394 e. The van der Waals surface area contributed by atoms with Crippen molar-refractivity contribution in [2.75, 3.05) is 19.8 Å². The molecule has 3 nitrogen and oxygen atoms in total. The Morgan fingerprint density at radius 2 is 1.30 bits per heavy atom. The zero-order chi connectivity index (χ0) is 24.0. The van der Waals surface area contributed by atoms with Crippen LogP contribution in [-0.4, -0.2) is 31.0 Å². The highest BCUT2D eigenvalue weighted by Crippen LogP contribution is 2.18. The average Bonchev–Trinajstić information content (AvgIpc) is 2.82. The second kappa shape index (κ2) is 21.9. The van der Waals surface area contributed by atoms with Gasteiger partial charge in [0, 0.05) is 11.6 Å². The van der Waals surface area contributed by atoms with Gasteiger partial charge in [0.05, 0.1) is 19.8 Å². The van der Waals surface area contributed by atoms with E-state index >= 15 is 0 Å². The molecule has 1 aromatic rings. The molecule has 0 aromatic heterocycles. The van der Waals surface area contributed by atoms with Crippen LogP contribution in [0.3, 0.4) is 0 Å². The Kier molecular flexibility index (Phi) is 20.2. The van der Waals surface area contributed by atoms with E-state index in [9.17, 15) is 5.11 Å². The number of benzene rings is 1. The van der Waals surface area contributed by atoms with Crippen molar-refractivity contribution in [3.8, 4) is 0 Å². The van der Waals surface area contributed by atoms with Crippen LogP contribution >= 0.6 is 11.6 Å². The van der Waals surface area contributed by atoms with Gasteiger partial charge in [-0.2, -0.15) is 0 Å². The van der Waals surface area contributed by atoms with Crippen LogP contribution in [-0.2, 0) is 16.1 Å². The molecule has 0 fully saturated rings. The molecule has 0 saturated heterocycles. The highest BCUT2D eigenvalue weighted by molar-refractivity contribution is 6.31. The van der Waals surface area contributed by atoms with Crippen molar-refractivity contribution < 1.29 is 14.6 Å². The minimum Gasteiger partial charge on any atom is -0.394 e. The van der Waals surface area contributed by atoms with Gasteiger partial charge in [0.1, 0.15) is 6.10 Å². The molecule has 1 rings (SSSR count). The van der Waals surface area contributed by atoms with E-state index in [-0.39, 0.29) is 12.7 Å². The fourth-order valence-electron chi connectivity index (χ4n) is 4.06. The number of aliphatic hydroxyl groups excluding tert-OH is 1. The van der Waals surface area contributed by atoms with Crippen LogP contribution in [0.15, 0.2) is 18.2 Å². The third-order valence-corrected chi connectivity index (χ3v) is 6.78. The summed E-state index contributed by atoms with van der Waals surface area (Å²) < 4.78 is 11.5. The van der Waals surface area contributed by atoms with E-state index in [2.05, 4.69) is 6.92 Å². The molecule has 0 aliphatic rings. The summed E-state index contributed by atoms with van der Waals surface area (Å²) in [7, 11) is 0. The van der Waals surface area contributed by atoms with Crippen LogP contribution in [0.1, 0.15) is 121 Å². The molecular formula is C29H51ClO3. The van der Waals surface area contributed by atoms with Crippen molar-refractivity contribution in [2.45, 2.75) is 129 Å². The minimum atomic E-state index is -0.286. The molecule has 0 amide bonds. The van der Waals surface area contributed by atoms with Crippen molar-refractivity contribution in [1.29, 1.82) is 0 Å². The van der Waals surface area contributed by atoms with Crippen LogP contribution in [0.4, 0.5) is 0 Å². The van der Waals surface area contributed by atoms with Gasteiger partial charge in [-0.3, -0.25) is 0 Å². The Morgan fingerprint density at radius 1 is 0.788 bits per heavy atom. The first-order valence-corrected chi connectivity index (χ1v) is 14.1. The fraction of sp³-hybridized carbons (Fsp3) is 0.793. The van der Waals surface area contributed by atoms with Gasteiger partial charge in [-0.15, -0.1) is 0 Å². The van der Waals surface area contributed by atoms with E-state index in [4.69, 9.17) is 21.1 Å². The number of ether oxygens (including phenoxy) is 2. The lowest BCUT2D eigenvalue weighted by Crippen LogP contribution is -2.24. The maximum Gasteiger partial charge on any atom is 0.104 e. The predicted molar refractivity (Wildman–Crippen MR) is 142 cm³/mol. The van der Waals surface area contributed by atoms with Gasteiger partial charge in [0.25, 0.3) is 0 Å². The summed E-state index contributed by atoms with van der Waals surface area (Å²) in [5, 5.41) is 10.3. The summed E-state index contributed by atoms with van der Waals surface area (Å²) in [5.41, 5.74) is 2.07. The lowest BCUT2D eigenvalue weighted by atomic mass is 10.0. The molecule has 0 spiro atoms. The second-order valence-electron chi connectivity index (χ2n) is 9.58. The number of hydrogen-bond donors (Lipinski definition) is 1. The number of hydrogen-bond acceptors (Lipinski definition) is 3. The van der Waals surface area contributed by atoms with Gasteiger partial charge in [0.15, 0.2) is 0 Å². The maximum atomic E-state index is 9.52. The van der Waals surface area contributed by atoms with E-state index in [1.54, 1.807) is 0 Å². The number of unbranched alkanes of at least 4 members (excludes halogenated alkanes) is 15. The van der Waals surface area contributed by atoms with Crippen LogP contribution < -0.4 is 0 Å². The van der Waals surface area contributed by atoms with E-state index in [1.807, 2.05) is 25.1 Å². The number of aryl methyl sites for hydroxylation is 1. The third-order valence-electron chi connectivity index (χ3n) is 6.37. The first-order valence-electron chi connectivity index (χ1n) is 13.7. The lowest BCUT2D eigenvalue weighted by molar-refractivity contribution is -0.0502. The molecule has 0 unspecified atom stereocenters. The maximum absolute atomic E-state index is 9.52. The quantitative estimate of drug-likeness (QED) is 0.158. The molecule has 0 saturated carbocycles. The normalized spacial score (nSPS) is 12.4. The van der Waals surface area contributed by atoms with Crippen molar-refractivity contribution in [3.63, 3.8) is 0 Å². The topological polar surface area (TPSA) is 38.7 Å². The molecule has 1 aromatic carbocycles. The summed E-state index contributed by atoms with van der Waals surface area (Å²) in [6.07, 6.45) is 21.7. The molecule has 33 heavy (non-hydrogen) atoms. The average molecular weight is 483 g/mol. The zero-order valence-corrected chi connectivity index (χ0v) is 22.3. The molecule has 0 bridgehead atoms. The van der Waals surface area contributed by atoms with Crippen LogP contribution in [0.5, 0.6) is 0 Å². The number of halogens is 1. The minimum absolute atomic E-state index is 0.0292. The standard InChI is InChI=1S/C29H51ClO3/c1-3-4-5-6-7-8-9-10-11-12-13-14-15-16-17-18-21-32-25-28(23-31)33-24-27-20-19-26(2)29(30)22-27/h19-20,22,28,31H,3-18,21,23-25H2,1-2H3/t28-/m0/s1. The summed E-state index contributed by atoms with van der Waals surface area (Å²) in [6, 6.07) is 5.92. The fourth-order valence-corrected chi connectivity index (χ4v) is 4.26. The molecule has 0 heterocycles. The first-order chi connectivity index (χ1) is 16.2. The summed E-state index contributed by atoms with van der Waals surface area (Å²) >= 11 is 6.15. The lowest BCUT2D eigenvalue weighted by Gasteiger charge is -2.16. The smallest absolute Gasteiger partial charge is 0.104 e. The third kappa shape index (κ3) is 17.5.